The third-order valence-corrected chi connectivity index (χ3v) is 3.61. The van der Waals surface area contributed by atoms with Gasteiger partial charge in [0.1, 0.15) is 5.78 Å². The van der Waals surface area contributed by atoms with E-state index in [0.717, 1.165) is 4.88 Å². The van der Waals surface area contributed by atoms with Crippen molar-refractivity contribution in [2.24, 2.45) is 0 Å². The molecule has 4 nitrogen and oxygen atoms in total. The fraction of sp³-hybridized carbons (Fsp3) is 0.500. The van der Waals surface area contributed by atoms with Gasteiger partial charge < -0.3 is 14.3 Å². The highest BCUT2D eigenvalue weighted by Gasteiger charge is 2.21. The van der Waals surface area contributed by atoms with E-state index < -0.39 is 0 Å². The third kappa shape index (κ3) is 3.21. The van der Waals surface area contributed by atoms with Crippen LogP contribution in [0.25, 0.3) is 0 Å². The van der Waals surface area contributed by atoms with Crippen LogP contribution in [0, 0.1) is 0 Å². The van der Waals surface area contributed by atoms with Gasteiger partial charge in [-0.3, -0.25) is 4.79 Å². The van der Waals surface area contributed by atoms with E-state index >= 15 is 0 Å². The minimum atomic E-state index is -0.325. The van der Waals surface area contributed by atoms with Gasteiger partial charge in [0.05, 0.1) is 23.0 Å². The molecule has 1 aliphatic rings. The lowest BCUT2D eigenvalue weighted by atomic mass is 10.1. The second kappa shape index (κ2) is 5.53. The zero-order chi connectivity index (χ0) is 12.3. The molecule has 0 atom stereocenters. The monoisotopic (exact) mass is 254 g/mol. The van der Waals surface area contributed by atoms with Crippen LogP contribution in [0.1, 0.15) is 40.6 Å². The van der Waals surface area contributed by atoms with Gasteiger partial charge in [0.15, 0.2) is 12.1 Å². The highest BCUT2D eigenvalue weighted by Crippen LogP contribution is 2.30. The van der Waals surface area contributed by atoms with Crippen LogP contribution in [-0.4, -0.2) is 24.8 Å². The first-order valence-electron chi connectivity index (χ1n) is 5.52. The molecule has 1 aromatic heterocycles. The lowest BCUT2D eigenvalue weighted by Crippen LogP contribution is -1.99. The summed E-state index contributed by atoms with van der Waals surface area (Å²) in [4.78, 5) is 24.1. The lowest BCUT2D eigenvalue weighted by molar-refractivity contribution is -0.116. The summed E-state index contributed by atoms with van der Waals surface area (Å²) in [7, 11) is 0. The normalized spacial score (nSPS) is 16.3. The zero-order valence-electron chi connectivity index (χ0n) is 9.60. The minimum absolute atomic E-state index is 0.00875. The Balaban J connectivity index is 1.97. The van der Waals surface area contributed by atoms with Crippen molar-refractivity contribution in [3.05, 3.63) is 21.9 Å². The van der Waals surface area contributed by atoms with Gasteiger partial charge in [-0.1, -0.05) is 0 Å². The van der Waals surface area contributed by atoms with Crippen LogP contribution in [-0.2, 0) is 14.3 Å². The lowest BCUT2D eigenvalue weighted by Gasteiger charge is -2.04. The first kappa shape index (κ1) is 12.4. The summed E-state index contributed by atoms with van der Waals surface area (Å²) in [5, 5.41) is 0. The van der Waals surface area contributed by atoms with Crippen LogP contribution in [0.5, 0.6) is 0 Å². The molecule has 0 radical (unpaired) electrons. The van der Waals surface area contributed by atoms with E-state index in [-0.39, 0.29) is 24.3 Å². The molecule has 92 valence electrons. The minimum Gasteiger partial charge on any atom is -0.345 e. The van der Waals surface area contributed by atoms with Gasteiger partial charge in [-0.25, -0.2) is 0 Å². The number of hydrogen-bond acceptors (Lipinski definition) is 5. The summed E-state index contributed by atoms with van der Waals surface area (Å²) in [6, 6.07) is 3.62. The molecule has 0 N–H and O–H groups in total. The van der Waals surface area contributed by atoms with Gasteiger partial charge in [-0.05, 0) is 19.1 Å². The molecule has 1 saturated heterocycles. The van der Waals surface area contributed by atoms with E-state index in [1.54, 1.807) is 6.07 Å². The highest BCUT2D eigenvalue weighted by atomic mass is 32.1. The van der Waals surface area contributed by atoms with Crippen LogP contribution in [0.15, 0.2) is 12.1 Å². The molecule has 5 heteroatoms. The molecule has 1 aliphatic heterocycles. The Morgan fingerprint density at radius 2 is 2.00 bits per heavy atom. The zero-order valence-corrected chi connectivity index (χ0v) is 10.4. The standard InChI is InChI=1S/C12H14O4S/c1-8(13)2-3-9(14)10-4-5-11(17-10)12-15-6-7-16-12/h4-5,12H,2-3,6-7H2,1H3. The number of Topliss-reactive ketones (excluding diaryl/α,β-unsaturated/α-hetero) is 2. The molecule has 0 aromatic carbocycles. The van der Waals surface area contributed by atoms with Crippen molar-refractivity contribution in [2.45, 2.75) is 26.1 Å². The van der Waals surface area contributed by atoms with Crippen LogP contribution in [0.3, 0.4) is 0 Å². The fourth-order valence-electron chi connectivity index (χ4n) is 1.56. The van der Waals surface area contributed by atoms with E-state index in [0.29, 0.717) is 24.5 Å². The Hall–Kier alpha value is -1.04. The number of thiophene rings is 1. The predicted octanol–water partition coefficient (Wildman–Crippen LogP) is 2.35. The second-order valence-corrected chi connectivity index (χ2v) is 5.02. The Morgan fingerprint density at radius 1 is 1.29 bits per heavy atom. The third-order valence-electron chi connectivity index (χ3n) is 2.46. The molecule has 2 rings (SSSR count). The van der Waals surface area contributed by atoms with Crippen molar-refractivity contribution in [2.75, 3.05) is 13.2 Å². The topological polar surface area (TPSA) is 52.6 Å². The first-order chi connectivity index (χ1) is 8.16. The first-order valence-corrected chi connectivity index (χ1v) is 6.34. The summed E-state index contributed by atoms with van der Waals surface area (Å²) in [6.45, 7) is 2.68. The quantitative estimate of drug-likeness (QED) is 0.757. The van der Waals surface area contributed by atoms with Crippen LogP contribution in [0.2, 0.25) is 0 Å². The molecule has 0 unspecified atom stereocenters. The molecule has 0 spiro atoms. The van der Waals surface area contributed by atoms with Crippen LogP contribution < -0.4 is 0 Å². The number of rotatable bonds is 5. The molecule has 0 aliphatic carbocycles. The van der Waals surface area contributed by atoms with E-state index in [2.05, 4.69) is 0 Å². The number of hydrogen-bond donors (Lipinski definition) is 0. The van der Waals surface area contributed by atoms with Gasteiger partial charge >= 0.3 is 0 Å². The smallest absolute Gasteiger partial charge is 0.193 e. The molecule has 1 fully saturated rings. The van der Waals surface area contributed by atoms with E-state index in [4.69, 9.17) is 9.47 Å². The van der Waals surface area contributed by atoms with Crippen LogP contribution >= 0.6 is 11.3 Å². The largest absolute Gasteiger partial charge is 0.345 e. The van der Waals surface area contributed by atoms with Crippen molar-refractivity contribution in [1.29, 1.82) is 0 Å². The number of carbonyl (C=O) groups is 2. The molecular weight excluding hydrogens is 240 g/mol. The van der Waals surface area contributed by atoms with E-state index in [1.165, 1.54) is 18.3 Å². The van der Waals surface area contributed by atoms with Crippen molar-refractivity contribution in [3.8, 4) is 0 Å². The molecule has 0 saturated carbocycles. The van der Waals surface area contributed by atoms with Gasteiger partial charge in [0.25, 0.3) is 0 Å². The molecule has 1 aromatic rings. The van der Waals surface area contributed by atoms with E-state index in [9.17, 15) is 9.59 Å². The van der Waals surface area contributed by atoms with E-state index in [1.807, 2.05) is 6.07 Å². The van der Waals surface area contributed by atoms with Gasteiger partial charge in [0, 0.05) is 12.8 Å². The summed E-state index contributed by atoms with van der Waals surface area (Å²) in [6.07, 6.45) is 0.263. The average Bonchev–Trinajstić information content (AvgIpc) is 2.94. The molecule has 17 heavy (non-hydrogen) atoms. The number of carbonyl (C=O) groups excluding carboxylic acids is 2. The van der Waals surface area contributed by atoms with Crippen LogP contribution in [0.4, 0.5) is 0 Å². The highest BCUT2D eigenvalue weighted by molar-refractivity contribution is 7.14. The van der Waals surface area contributed by atoms with Crippen molar-refractivity contribution >= 4 is 22.9 Å². The molecule has 0 amide bonds. The maximum atomic E-state index is 11.8. The molecule has 2 heterocycles. The Kier molecular flexibility index (Phi) is 4.04. The predicted molar refractivity (Wildman–Crippen MR) is 63.2 cm³/mol. The fourth-order valence-corrected chi connectivity index (χ4v) is 2.54. The Morgan fingerprint density at radius 3 is 2.65 bits per heavy atom. The number of ketones is 2. The van der Waals surface area contributed by atoms with Gasteiger partial charge in [-0.2, -0.15) is 0 Å². The van der Waals surface area contributed by atoms with Gasteiger partial charge in [0.2, 0.25) is 0 Å². The van der Waals surface area contributed by atoms with Crippen molar-refractivity contribution in [3.63, 3.8) is 0 Å². The molecule has 0 bridgehead atoms. The summed E-state index contributed by atoms with van der Waals surface area (Å²) in [5.41, 5.74) is 0. The van der Waals surface area contributed by atoms with Gasteiger partial charge in [-0.15, -0.1) is 11.3 Å². The summed E-state index contributed by atoms with van der Waals surface area (Å²) >= 11 is 1.38. The summed E-state index contributed by atoms with van der Waals surface area (Å²) in [5.74, 6) is 0.0482. The average molecular weight is 254 g/mol. The Bertz CT molecular complexity index is 418. The maximum absolute atomic E-state index is 11.8. The van der Waals surface area contributed by atoms with Crippen molar-refractivity contribution < 1.29 is 19.1 Å². The Labute approximate surface area is 104 Å². The number of ether oxygens (including phenoxy) is 2. The van der Waals surface area contributed by atoms with Crippen molar-refractivity contribution in [1.82, 2.24) is 0 Å². The SMILES string of the molecule is CC(=O)CCC(=O)c1ccc(C2OCCO2)s1. The molecular formula is C12H14O4S. The summed E-state index contributed by atoms with van der Waals surface area (Å²) < 4.78 is 10.7. The maximum Gasteiger partial charge on any atom is 0.193 e. The second-order valence-electron chi connectivity index (χ2n) is 3.90.